The topological polar surface area (TPSA) is 129 Å². The third kappa shape index (κ3) is 4.04. The molecule has 3 aromatic rings. The Hall–Kier alpha value is -3.01. The third-order valence-corrected chi connectivity index (χ3v) is 3.00. The number of carbonyl (C=O) groups excluding carboxylic acids is 1. The number of amides is 1. The van der Waals surface area contributed by atoms with Gasteiger partial charge in [-0.2, -0.15) is 9.97 Å². The van der Waals surface area contributed by atoms with E-state index in [1.54, 1.807) is 12.1 Å². The van der Waals surface area contributed by atoms with E-state index in [0.29, 0.717) is 35.6 Å². The van der Waals surface area contributed by atoms with E-state index in [9.17, 15) is 4.79 Å². The van der Waals surface area contributed by atoms with E-state index in [-0.39, 0.29) is 25.5 Å². The molecule has 126 valence electrons. The normalized spacial score (nSPS) is 10.9. The molecule has 0 atom stereocenters. The fourth-order valence-corrected chi connectivity index (χ4v) is 1.90. The van der Waals surface area contributed by atoms with Crippen LogP contribution in [-0.2, 0) is 29.1 Å². The smallest absolute Gasteiger partial charge is 0.246 e. The molecule has 0 fully saturated rings. The van der Waals surface area contributed by atoms with Gasteiger partial charge in [-0.25, -0.2) is 0 Å². The van der Waals surface area contributed by atoms with E-state index in [4.69, 9.17) is 18.2 Å². The Bertz CT molecular complexity index is 779. The Morgan fingerprint density at radius 2 is 2.12 bits per heavy atom. The van der Waals surface area contributed by atoms with Gasteiger partial charge in [0.1, 0.15) is 6.61 Å². The fourth-order valence-electron chi connectivity index (χ4n) is 1.90. The maximum atomic E-state index is 11.8. The van der Waals surface area contributed by atoms with Gasteiger partial charge in [0.15, 0.2) is 11.6 Å². The minimum Gasteiger partial charge on any atom is -0.461 e. The van der Waals surface area contributed by atoms with E-state index in [1.807, 2.05) is 0 Å². The summed E-state index contributed by atoms with van der Waals surface area (Å²) >= 11 is 0. The molecule has 0 spiro atoms. The summed E-state index contributed by atoms with van der Waals surface area (Å²) in [5, 5.41) is 10.2. The minimum absolute atomic E-state index is 0.150. The molecule has 0 saturated carbocycles. The molecule has 1 N–H and O–H groups in total. The van der Waals surface area contributed by atoms with Crippen molar-refractivity contribution in [1.29, 1.82) is 0 Å². The zero-order chi connectivity index (χ0) is 16.8. The van der Waals surface area contributed by atoms with Crippen molar-refractivity contribution < 1.29 is 23.0 Å². The molecular weight excluding hydrogens is 318 g/mol. The summed E-state index contributed by atoms with van der Waals surface area (Å²) in [5.41, 5.74) is 0. The number of nitrogens with zero attached hydrogens (tertiary/aromatic N) is 4. The van der Waals surface area contributed by atoms with Crippen LogP contribution in [0.25, 0.3) is 11.6 Å². The molecule has 3 rings (SSSR count). The average Bonchev–Trinajstić information content (AvgIpc) is 3.31. The maximum absolute atomic E-state index is 11.8. The Labute approximate surface area is 136 Å². The molecule has 0 bridgehead atoms. The molecule has 0 saturated heterocycles. The van der Waals surface area contributed by atoms with Crippen LogP contribution in [0.3, 0.4) is 0 Å². The highest BCUT2D eigenvalue weighted by atomic mass is 16.5. The largest absolute Gasteiger partial charge is 0.461 e. The van der Waals surface area contributed by atoms with Crippen molar-refractivity contribution in [2.45, 2.75) is 26.0 Å². The molecule has 0 aliphatic carbocycles. The first-order valence-electron chi connectivity index (χ1n) is 7.18. The van der Waals surface area contributed by atoms with Crippen LogP contribution >= 0.6 is 0 Å². The Morgan fingerprint density at radius 3 is 2.92 bits per heavy atom. The number of aryl methyl sites for hydroxylation is 1. The SMILES string of the molecule is COCc1noc(CNC(=O)CCc2nc(-c3ccco3)no2)n1. The molecule has 0 radical (unpaired) electrons. The lowest BCUT2D eigenvalue weighted by Gasteiger charge is -1.99. The third-order valence-electron chi connectivity index (χ3n) is 3.00. The first-order valence-corrected chi connectivity index (χ1v) is 7.18. The highest BCUT2D eigenvalue weighted by Crippen LogP contribution is 2.16. The second kappa shape index (κ2) is 7.51. The standard InChI is InChI=1S/C14H15N5O5/c1-21-8-10-16-13(24-18-10)7-15-11(20)4-5-12-17-14(19-23-12)9-3-2-6-22-9/h2-3,6H,4-5,7-8H2,1H3,(H,15,20). The summed E-state index contributed by atoms with van der Waals surface area (Å²) in [4.78, 5) is 20.0. The van der Waals surface area contributed by atoms with Gasteiger partial charge in [-0.15, -0.1) is 0 Å². The van der Waals surface area contributed by atoms with Crippen molar-refractivity contribution in [1.82, 2.24) is 25.6 Å². The van der Waals surface area contributed by atoms with E-state index in [0.717, 1.165) is 0 Å². The van der Waals surface area contributed by atoms with Gasteiger partial charge >= 0.3 is 0 Å². The van der Waals surface area contributed by atoms with Crippen LogP contribution in [0.15, 0.2) is 31.9 Å². The minimum atomic E-state index is -0.195. The number of carbonyl (C=O) groups is 1. The van der Waals surface area contributed by atoms with Crippen molar-refractivity contribution in [3.05, 3.63) is 36.0 Å². The second-order valence-electron chi connectivity index (χ2n) is 4.80. The van der Waals surface area contributed by atoms with Crippen molar-refractivity contribution >= 4 is 5.91 Å². The fraction of sp³-hybridized carbons (Fsp3) is 0.357. The Kier molecular flexibility index (Phi) is 4.96. The highest BCUT2D eigenvalue weighted by molar-refractivity contribution is 5.75. The molecular formula is C14H15N5O5. The second-order valence-corrected chi connectivity index (χ2v) is 4.80. The van der Waals surface area contributed by atoms with Gasteiger partial charge < -0.3 is 23.5 Å². The molecule has 0 aliphatic heterocycles. The van der Waals surface area contributed by atoms with Gasteiger partial charge in [-0.1, -0.05) is 10.3 Å². The first kappa shape index (κ1) is 15.9. The molecule has 3 aromatic heterocycles. The van der Waals surface area contributed by atoms with Gasteiger partial charge in [0.2, 0.25) is 23.5 Å². The number of aromatic nitrogens is 4. The number of rotatable bonds is 8. The molecule has 10 nitrogen and oxygen atoms in total. The molecule has 0 unspecified atom stereocenters. The number of methoxy groups -OCH3 is 1. The molecule has 0 aliphatic rings. The van der Waals surface area contributed by atoms with Crippen LogP contribution in [0.5, 0.6) is 0 Å². The van der Waals surface area contributed by atoms with E-state index < -0.39 is 0 Å². The van der Waals surface area contributed by atoms with Crippen molar-refractivity contribution in [2.24, 2.45) is 0 Å². The van der Waals surface area contributed by atoms with Crippen molar-refractivity contribution in [3.63, 3.8) is 0 Å². The zero-order valence-electron chi connectivity index (χ0n) is 12.9. The molecule has 10 heteroatoms. The average molecular weight is 333 g/mol. The van der Waals surface area contributed by atoms with Crippen LogP contribution < -0.4 is 5.32 Å². The van der Waals surface area contributed by atoms with Crippen LogP contribution in [0.2, 0.25) is 0 Å². The van der Waals surface area contributed by atoms with Crippen LogP contribution in [-0.4, -0.2) is 33.3 Å². The van der Waals surface area contributed by atoms with Gasteiger partial charge in [-0.3, -0.25) is 4.79 Å². The quantitative estimate of drug-likeness (QED) is 0.644. The summed E-state index contributed by atoms with van der Waals surface area (Å²) < 4.78 is 20.1. The van der Waals surface area contributed by atoms with Gasteiger partial charge in [0.25, 0.3) is 0 Å². The van der Waals surface area contributed by atoms with Crippen molar-refractivity contribution in [3.8, 4) is 11.6 Å². The number of furan rings is 1. The molecule has 24 heavy (non-hydrogen) atoms. The molecule has 1 amide bonds. The van der Waals surface area contributed by atoms with Crippen molar-refractivity contribution in [2.75, 3.05) is 7.11 Å². The summed E-state index contributed by atoms with van der Waals surface area (Å²) in [6.45, 7) is 0.406. The molecule has 3 heterocycles. The van der Waals surface area contributed by atoms with E-state index in [1.165, 1.54) is 13.4 Å². The highest BCUT2D eigenvalue weighted by Gasteiger charge is 2.13. The Balaban J connectivity index is 1.43. The van der Waals surface area contributed by atoms with Crippen LogP contribution in [0.4, 0.5) is 0 Å². The zero-order valence-corrected chi connectivity index (χ0v) is 12.9. The predicted molar refractivity (Wildman–Crippen MR) is 77.2 cm³/mol. The predicted octanol–water partition coefficient (Wildman–Crippen LogP) is 1.11. The van der Waals surface area contributed by atoms with Gasteiger partial charge in [-0.05, 0) is 12.1 Å². The summed E-state index contributed by atoms with van der Waals surface area (Å²) in [6, 6.07) is 3.46. The van der Waals surface area contributed by atoms with Gasteiger partial charge in [0.05, 0.1) is 12.8 Å². The summed E-state index contributed by atoms with van der Waals surface area (Å²) in [7, 11) is 1.53. The lowest BCUT2D eigenvalue weighted by molar-refractivity contribution is -0.121. The first-order chi connectivity index (χ1) is 11.7. The van der Waals surface area contributed by atoms with Crippen LogP contribution in [0.1, 0.15) is 24.0 Å². The van der Waals surface area contributed by atoms with E-state index >= 15 is 0 Å². The molecule has 0 aromatic carbocycles. The number of hydrogen-bond acceptors (Lipinski definition) is 9. The van der Waals surface area contributed by atoms with Gasteiger partial charge in [0, 0.05) is 20.0 Å². The number of ether oxygens (including phenoxy) is 1. The number of hydrogen-bond donors (Lipinski definition) is 1. The van der Waals surface area contributed by atoms with E-state index in [2.05, 4.69) is 25.6 Å². The van der Waals surface area contributed by atoms with Crippen LogP contribution in [0, 0.1) is 0 Å². The summed E-state index contributed by atoms with van der Waals surface area (Å²) in [6.07, 6.45) is 2.03. The lowest BCUT2D eigenvalue weighted by atomic mass is 10.3. The monoisotopic (exact) mass is 333 g/mol. The summed E-state index contributed by atoms with van der Waals surface area (Å²) in [5.74, 6) is 1.77. The Morgan fingerprint density at radius 1 is 1.25 bits per heavy atom. The maximum Gasteiger partial charge on any atom is 0.246 e. The lowest BCUT2D eigenvalue weighted by Crippen LogP contribution is -2.23. The number of nitrogens with one attached hydrogen (secondary N) is 1.